The third-order valence-electron chi connectivity index (χ3n) is 3.72. The van der Waals surface area contributed by atoms with Gasteiger partial charge in [0.15, 0.2) is 0 Å². The summed E-state index contributed by atoms with van der Waals surface area (Å²) >= 11 is 6.06. The number of halogens is 1. The highest BCUT2D eigenvalue weighted by atomic mass is 35.5. The zero-order valence-corrected chi connectivity index (χ0v) is 15.2. The second kappa shape index (κ2) is 9.01. The average Bonchev–Trinajstić information content (AvgIpc) is 2.64. The van der Waals surface area contributed by atoms with Gasteiger partial charge in [0, 0.05) is 24.2 Å². The van der Waals surface area contributed by atoms with Crippen LogP contribution >= 0.6 is 11.6 Å². The third-order valence-corrected chi connectivity index (χ3v) is 4.08. The molecule has 2 aromatic rings. The van der Waals surface area contributed by atoms with Gasteiger partial charge in [-0.3, -0.25) is 9.59 Å². The van der Waals surface area contributed by atoms with E-state index in [1.165, 1.54) is 18.9 Å². The van der Waals surface area contributed by atoms with E-state index in [9.17, 15) is 14.4 Å². The molecule has 136 valence electrons. The number of esters is 1. The third kappa shape index (κ3) is 5.07. The normalized spacial score (nSPS) is 10.1. The highest BCUT2D eigenvalue weighted by molar-refractivity contribution is 6.31. The molecule has 0 radical (unpaired) electrons. The number of rotatable bonds is 6. The maximum Gasteiger partial charge on any atom is 0.337 e. The molecule has 0 aliphatic carbocycles. The second-order valence-electron chi connectivity index (χ2n) is 5.51. The van der Waals surface area contributed by atoms with Crippen molar-refractivity contribution in [2.75, 3.05) is 18.6 Å². The van der Waals surface area contributed by atoms with Crippen molar-refractivity contribution in [2.45, 2.75) is 13.5 Å². The molecule has 0 saturated carbocycles. The van der Waals surface area contributed by atoms with Crippen LogP contribution in [-0.2, 0) is 20.9 Å². The number of nitrogens with one attached hydrogen (secondary N) is 1. The first kappa shape index (κ1) is 19.5. The molecule has 0 aromatic heterocycles. The molecule has 6 nitrogen and oxygen atoms in total. The van der Waals surface area contributed by atoms with Gasteiger partial charge in [-0.1, -0.05) is 29.8 Å². The van der Waals surface area contributed by atoms with Crippen molar-refractivity contribution in [2.24, 2.45) is 0 Å². The van der Waals surface area contributed by atoms with Gasteiger partial charge in [0.2, 0.25) is 11.8 Å². The van der Waals surface area contributed by atoms with E-state index in [4.69, 9.17) is 11.6 Å². The van der Waals surface area contributed by atoms with Crippen LogP contribution in [0.1, 0.15) is 22.8 Å². The molecule has 0 bridgehead atoms. The van der Waals surface area contributed by atoms with Crippen molar-refractivity contribution < 1.29 is 19.1 Å². The Morgan fingerprint density at radius 2 is 1.73 bits per heavy atom. The minimum atomic E-state index is -0.469. The van der Waals surface area contributed by atoms with Crippen molar-refractivity contribution in [3.8, 4) is 0 Å². The highest BCUT2D eigenvalue weighted by Gasteiger charge is 2.16. The Labute approximate surface area is 156 Å². The number of carbonyl (C=O) groups excluding carboxylic acids is 3. The van der Waals surface area contributed by atoms with Crippen LogP contribution < -0.4 is 10.2 Å². The lowest BCUT2D eigenvalue weighted by molar-refractivity contribution is -0.123. The Balaban J connectivity index is 2.03. The van der Waals surface area contributed by atoms with Crippen LogP contribution in [0.3, 0.4) is 0 Å². The van der Waals surface area contributed by atoms with Crippen molar-refractivity contribution >= 4 is 35.1 Å². The van der Waals surface area contributed by atoms with Crippen LogP contribution in [0.25, 0.3) is 0 Å². The van der Waals surface area contributed by atoms with Crippen LogP contribution in [-0.4, -0.2) is 31.4 Å². The molecule has 0 heterocycles. The Bertz CT molecular complexity index is 805. The first-order valence-corrected chi connectivity index (χ1v) is 8.26. The van der Waals surface area contributed by atoms with Crippen molar-refractivity contribution in [1.82, 2.24) is 5.32 Å². The van der Waals surface area contributed by atoms with Gasteiger partial charge in [-0.05, 0) is 35.9 Å². The molecular formula is C19H19ClN2O4. The standard InChI is InChI=1S/C19H19ClN2O4/c1-13(23)22(16-9-7-14(8-10-16)19(25)26-2)12-18(24)21-11-15-5-3-4-6-17(15)20/h3-10H,11-12H2,1-2H3,(H,21,24). The molecule has 0 saturated heterocycles. The van der Waals surface area contributed by atoms with E-state index in [0.717, 1.165) is 5.56 Å². The molecule has 0 fully saturated rings. The molecule has 2 rings (SSSR count). The predicted octanol–water partition coefficient (Wildman–Crippen LogP) is 2.80. The van der Waals surface area contributed by atoms with Crippen molar-refractivity contribution in [3.63, 3.8) is 0 Å². The molecule has 2 aromatic carbocycles. The van der Waals surface area contributed by atoms with E-state index < -0.39 is 5.97 Å². The van der Waals surface area contributed by atoms with Crippen molar-refractivity contribution in [1.29, 1.82) is 0 Å². The summed E-state index contributed by atoms with van der Waals surface area (Å²) in [5, 5.41) is 3.31. The van der Waals surface area contributed by atoms with E-state index in [1.807, 2.05) is 18.2 Å². The number of amides is 2. The van der Waals surface area contributed by atoms with Gasteiger partial charge in [-0.25, -0.2) is 4.79 Å². The Morgan fingerprint density at radius 1 is 1.08 bits per heavy atom. The quantitative estimate of drug-likeness (QED) is 0.789. The van der Waals surface area contributed by atoms with E-state index in [1.54, 1.807) is 30.3 Å². The summed E-state index contributed by atoms with van der Waals surface area (Å²) in [7, 11) is 1.29. The summed E-state index contributed by atoms with van der Waals surface area (Å²) in [6, 6.07) is 13.5. The minimum absolute atomic E-state index is 0.142. The van der Waals surface area contributed by atoms with Gasteiger partial charge in [0.1, 0.15) is 6.54 Å². The molecule has 0 spiro atoms. The SMILES string of the molecule is COC(=O)c1ccc(N(CC(=O)NCc2ccccc2Cl)C(C)=O)cc1. The minimum Gasteiger partial charge on any atom is -0.465 e. The first-order chi connectivity index (χ1) is 12.4. The molecule has 0 aliphatic heterocycles. The fourth-order valence-corrected chi connectivity index (χ4v) is 2.52. The van der Waals surface area contributed by atoms with Crippen LogP contribution in [0.2, 0.25) is 5.02 Å². The van der Waals surface area contributed by atoms with Gasteiger partial charge < -0.3 is 15.0 Å². The average molecular weight is 375 g/mol. The molecule has 0 unspecified atom stereocenters. The molecule has 0 atom stereocenters. The van der Waals surface area contributed by atoms with E-state index in [-0.39, 0.29) is 24.9 Å². The monoisotopic (exact) mass is 374 g/mol. The van der Waals surface area contributed by atoms with Crippen LogP contribution in [0.4, 0.5) is 5.69 Å². The summed E-state index contributed by atoms with van der Waals surface area (Å²) in [5.41, 5.74) is 1.67. The van der Waals surface area contributed by atoms with Gasteiger partial charge in [-0.2, -0.15) is 0 Å². The smallest absolute Gasteiger partial charge is 0.337 e. The van der Waals surface area contributed by atoms with Gasteiger partial charge in [0.25, 0.3) is 0 Å². The molecule has 2 amide bonds. The summed E-state index contributed by atoms with van der Waals surface area (Å²) in [6.45, 7) is 1.50. The van der Waals surface area contributed by atoms with E-state index in [2.05, 4.69) is 10.1 Å². The number of hydrogen-bond acceptors (Lipinski definition) is 4. The Kier molecular flexibility index (Phi) is 6.74. The molecule has 26 heavy (non-hydrogen) atoms. The van der Waals surface area contributed by atoms with Crippen LogP contribution in [0.5, 0.6) is 0 Å². The molecular weight excluding hydrogens is 356 g/mol. The number of nitrogens with zero attached hydrogens (tertiary/aromatic N) is 1. The zero-order chi connectivity index (χ0) is 19.1. The van der Waals surface area contributed by atoms with Crippen molar-refractivity contribution in [3.05, 3.63) is 64.7 Å². The van der Waals surface area contributed by atoms with Gasteiger partial charge >= 0.3 is 5.97 Å². The fourth-order valence-electron chi connectivity index (χ4n) is 2.31. The number of hydrogen-bond donors (Lipinski definition) is 1. The highest BCUT2D eigenvalue weighted by Crippen LogP contribution is 2.17. The number of benzene rings is 2. The predicted molar refractivity (Wildman–Crippen MR) is 99.1 cm³/mol. The lowest BCUT2D eigenvalue weighted by Crippen LogP contribution is -2.39. The summed E-state index contributed by atoms with van der Waals surface area (Å²) in [5.74, 6) is -1.08. The van der Waals surface area contributed by atoms with Gasteiger partial charge in [-0.15, -0.1) is 0 Å². The fraction of sp³-hybridized carbons (Fsp3) is 0.211. The van der Waals surface area contributed by atoms with E-state index >= 15 is 0 Å². The van der Waals surface area contributed by atoms with Crippen LogP contribution in [0, 0.1) is 0 Å². The number of anilines is 1. The molecule has 7 heteroatoms. The topological polar surface area (TPSA) is 75.7 Å². The number of methoxy groups -OCH3 is 1. The number of ether oxygens (including phenoxy) is 1. The lowest BCUT2D eigenvalue weighted by Gasteiger charge is -2.21. The maximum absolute atomic E-state index is 12.2. The lowest BCUT2D eigenvalue weighted by atomic mass is 10.2. The zero-order valence-electron chi connectivity index (χ0n) is 14.5. The molecule has 0 aliphatic rings. The Morgan fingerprint density at radius 3 is 2.31 bits per heavy atom. The summed E-state index contributed by atoms with van der Waals surface area (Å²) in [6.07, 6.45) is 0. The largest absolute Gasteiger partial charge is 0.465 e. The van der Waals surface area contributed by atoms with Gasteiger partial charge in [0.05, 0.1) is 12.7 Å². The van der Waals surface area contributed by atoms with Crippen LogP contribution in [0.15, 0.2) is 48.5 Å². The first-order valence-electron chi connectivity index (χ1n) is 7.89. The molecule has 1 N–H and O–H groups in total. The maximum atomic E-state index is 12.2. The second-order valence-corrected chi connectivity index (χ2v) is 5.92. The summed E-state index contributed by atoms with van der Waals surface area (Å²) in [4.78, 5) is 36.9. The Hall–Kier alpha value is -2.86. The number of carbonyl (C=O) groups is 3. The summed E-state index contributed by atoms with van der Waals surface area (Å²) < 4.78 is 4.64. The van der Waals surface area contributed by atoms with E-state index in [0.29, 0.717) is 16.3 Å².